The van der Waals surface area contributed by atoms with Crippen LogP contribution in [-0.2, 0) is 11.3 Å². The fraction of sp³-hybridized carbons (Fsp3) is 0.344. The third kappa shape index (κ3) is 5.57. The van der Waals surface area contributed by atoms with E-state index in [0.29, 0.717) is 6.42 Å². The van der Waals surface area contributed by atoms with E-state index in [1.165, 1.54) is 33.2 Å². The van der Waals surface area contributed by atoms with Gasteiger partial charge in [0.15, 0.2) is 0 Å². The number of benzene rings is 3. The maximum atomic E-state index is 13.6. The molecule has 1 aliphatic rings. The molecule has 5 rings (SSSR count). The molecule has 0 aliphatic carbocycles. The van der Waals surface area contributed by atoms with Crippen LogP contribution in [0.15, 0.2) is 79.0 Å². The smallest absolute Gasteiger partial charge is 0.223 e. The predicted molar refractivity (Wildman–Crippen MR) is 150 cm³/mol. The molecule has 2 heterocycles. The van der Waals surface area contributed by atoms with Gasteiger partial charge in [-0.15, -0.1) is 0 Å². The van der Waals surface area contributed by atoms with Crippen LogP contribution in [-0.4, -0.2) is 60.1 Å². The summed E-state index contributed by atoms with van der Waals surface area (Å²) < 4.78 is 7.65. The number of methoxy groups -OCH3 is 1. The van der Waals surface area contributed by atoms with Gasteiger partial charge < -0.3 is 19.1 Å². The van der Waals surface area contributed by atoms with Gasteiger partial charge in [-0.3, -0.25) is 4.79 Å². The number of fused-ring (bicyclic) bond motifs is 1. The Kier molecular flexibility index (Phi) is 7.61. The molecule has 5 nitrogen and oxygen atoms in total. The Bertz CT molecular complexity index is 1330. The van der Waals surface area contributed by atoms with Gasteiger partial charge in [0.05, 0.1) is 7.11 Å². The summed E-state index contributed by atoms with van der Waals surface area (Å²) in [6, 6.07) is 25.5. The molecule has 5 heteroatoms. The number of piperazine rings is 1. The number of carbonyl (C=O) groups excluding carboxylic acids is 1. The Hall–Kier alpha value is -3.57. The highest BCUT2D eigenvalue weighted by Gasteiger charge is 2.27. The van der Waals surface area contributed by atoms with Gasteiger partial charge >= 0.3 is 0 Å². The van der Waals surface area contributed by atoms with Gasteiger partial charge in [0.2, 0.25) is 5.91 Å². The highest BCUT2D eigenvalue weighted by molar-refractivity contribution is 5.87. The number of likely N-dealkylation sites (N-methyl/N-ethyl adjacent to an activating group) is 1. The number of para-hydroxylation sites is 1. The van der Waals surface area contributed by atoms with Gasteiger partial charge in [-0.25, -0.2) is 0 Å². The van der Waals surface area contributed by atoms with Crippen LogP contribution in [0, 0.1) is 6.92 Å². The van der Waals surface area contributed by atoms with Crippen molar-refractivity contribution in [1.29, 1.82) is 0 Å². The van der Waals surface area contributed by atoms with Crippen LogP contribution in [0.5, 0.6) is 5.75 Å². The summed E-state index contributed by atoms with van der Waals surface area (Å²) in [5.74, 6) is 1.10. The van der Waals surface area contributed by atoms with E-state index >= 15 is 0 Å². The molecule has 192 valence electrons. The lowest BCUT2D eigenvalue weighted by Crippen LogP contribution is -2.48. The predicted octanol–water partition coefficient (Wildman–Crippen LogP) is 5.69. The van der Waals surface area contributed by atoms with Crippen molar-refractivity contribution < 1.29 is 9.53 Å². The number of aryl methyl sites for hydroxylation is 1. The molecular formula is C32H37N3O2. The van der Waals surface area contributed by atoms with Crippen molar-refractivity contribution in [3.05, 3.63) is 101 Å². The number of hydrogen-bond acceptors (Lipinski definition) is 3. The summed E-state index contributed by atoms with van der Waals surface area (Å²) in [4.78, 5) is 18.1. The number of carbonyl (C=O) groups is 1. The maximum absolute atomic E-state index is 13.6. The lowest BCUT2D eigenvalue weighted by atomic mass is 9.87. The first-order chi connectivity index (χ1) is 18.1. The minimum Gasteiger partial charge on any atom is -0.497 e. The quantitative estimate of drug-likeness (QED) is 0.315. The number of amides is 1. The van der Waals surface area contributed by atoms with Crippen LogP contribution in [0.2, 0.25) is 0 Å². The van der Waals surface area contributed by atoms with E-state index < -0.39 is 0 Å². The van der Waals surface area contributed by atoms with Crippen LogP contribution in [0.1, 0.15) is 41.5 Å². The van der Waals surface area contributed by atoms with Gasteiger partial charge in [-0.05, 0) is 48.4 Å². The fourth-order valence-electron chi connectivity index (χ4n) is 5.43. The normalized spacial score (nSPS) is 15.2. The number of ether oxygens (including phenoxy) is 1. The summed E-state index contributed by atoms with van der Waals surface area (Å²) in [5, 5.41) is 1.21. The maximum Gasteiger partial charge on any atom is 0.223 e. The number of hydrogen-bond donors (Lipinski definition) is 0. The van der Waals surface area contributed by atoms with E-state index in [4.69, 9.17) is 4.74 Å². The van der Waals surface area contributed by atoms with E-state index in [-0.39, 0.29) is 11.8 Å². The largest absolute Gasteiger partial charge is 0.497 e. The van der Waals surface area contributed by atoms with E-state index in [1.54, 1.807) is 7.11 Å². The van der Waals surface area contributed by atoms with Crippen LogP contribution < -0.4 is 4.74 Å². The molecule has 0 bridgehead atoms. The minimum atomic E-state index is -0.000628. The molecular weight excluding hydrogens is 458 g/mol. The van der Waals surface area contributed by atoms with Gasteiger partial charge in [-0.1, -0.05) is 67.1 Å². The second-order valence-corrected chi connectivity index (χ2v) is 10.1. The van der Waals surface area contributed by atoms with Gasteiger partial charge in [0.25, 0.3) is 0 Å². The molecule has 0 saturated carbocycles. The molecule has 1 amide bonds. The van der Waals surface area contributed by atoms with E-state index in [9.17, 15) is 4.79 Å². The molecule has 0 N–H and O–H groups in total. The minimum absolute atomic E-state index is 0.000628. The zero-order valence-corrected chi connectivity index (χ0v) is 22.2. The molecule has 3 aromatic carbocycles. The molecule has 0 radical (unpaired) electrons. The van der Waals surface area contributed by atoms with Crippen molar-refractivity contribution in [2.45, 2.75) is 32.7 Å². The third-order valence-electron chi connectivity index (χ3n) is 7.74. The molecule has 37 heavy (non-hydrogen) atoms. The van der Waals surface area contributed by atoms with Crippen molar-refractivity contribution >= 4 is 16.8 Å². The molecule has 1 fully saturated rings. The highest BCUT2D eigenvalue weighted by atomic mass is 16.5. The molecule has 4 aromatic rings. The molecule has 1 aromatic heterocycles. The lowest BCUT2D eigenvalue weighted by Gasteiger charge is -2.35. The average Bonchev–Trinajstić information content (AvgIpc) is 3.30. The van der Waals surface area contributed by atoms with Gasteiger partial charge in [-0.2, -0.15) is 0 Å². The van der Waals surface area contributed by atoms with E-state index in [1.807, 2.05) is 12.1 Å². The van der Waals surface area contributed by atoms with Crippen LogP contribution in [0.3, 0.4) is 0 Å². The molecule has 1 saturated heterocycles. The second kappa shape index (κ2) is 11.2. The SMILES string of the molecule is CCN1CCN(C(=O)CC(c2ccc(C)cc2)c2cn(Cc3ccc(OC)cc3)c3ccccc23)CC1. The van der Waals surface area contributed by atoms with E-state index in [0.717, 1.165) is 45.0 Å². The zero-order valence-electron chi connectivity index (χ0n) is 22.2. The Morgan fingerprint density at radius 1 is 0.919 bits per heavy atom. The molecule has 1 atom stereocenters. The number of aromatic nitrogens is 1. The summed E-state index contributed by atoms with van der Waals surface area (Å²) in [6.07, 6.45) is 2.74. The van der Waals surface area contributed by atoms with E-state index in [2.05, 4.69) is 95.1 Å². The Labute approximate surface area is 220 Å². The summed E-state index contributed by atoms with van der Waals surface area (Å²) in [6.45, 7) is 9.64. The lowest BCUT2D eigenvalue weighted by molar-refractivity contribution is -0.133. The van der Waals surface area contributed by atoms with Crippen LogP contribution in [0.25, 0.3) is 10.9 Å². The first-order valence-corrected chi connectivity index (χ1v) is 13.3. The summed E-state index contributed by atoms with van der Waals surface area (Å²) in [7, 11) is 1.69. The number of rotatable bonds is 8. The first kappa shape index (κ1) is 25.1. The molecule has 0 spiro atoms. The Morgan fingerprint density at radius 2 is 1.62 bits per heavy atom. The first-order valence-electron chi connectivity index (χ1n) is 13.3. The Morgan fingerprint density at radius 3 is 2.30 bits per heavy atom. The zero-order chi connectivity index (χ0) is 25.8. The topological polar surface area (TPSA) is 37.7 Å². The van der Waals surface area contributed by atoms with Crippen molar-refractivity contribution in [3.63, 3.8) is 0 Å². The third-order valence-corrected chi connectivity index (χ3v) is 7.74. The second-order valence-electron chi connectivity index (χ2n) is 10.1. The standard InChI is InChI=1S/C32H37N3O2/c1-4-33-17-19-34(20-18-33)32(36)21-29(26-13-9-24(2)10-14-26)30-23-35(31-8-6-5-7-28(30)31)22-25-11-15-27(37-3)16-12-25/h5-16,23,29H,4,17-22H2,1-3H3. The average molecular weight is 496 g/mol. The summed E-state index contributed by atoms with van der Waals surface area (Å²) >= 11 is 0. The molecule has 1 aliphatic heterocycles. The molecule has 1 unspecified atom stereocenters. The van der Waals surface area contributed by atoms with Crippen molar-refractivity contribution in [3.8, 4) is 5.75 Å². The van der Waals surface area contributed by atoms with Gasteiger partial charge in [0, 0.05) is 62.2 Å². The van der Waals surface area contributed by atoms with Crippen molar-refractivity contribution in [1.82, 2.24) is 14.4 Å². The highest BCUT2D eigenvalue weighted by Crippen LogP contribution is 2.36. The van der Waals surface area contributed by atoms with Crippen molar-refractivity contribution in [2.24, 2.45) is 0 Å². The fourth-order valence-corrected chi connectivity index (χ4v) is 5.43. The summed E-state index contributed by atoms with van der Waals surface area (Å²) in [5.41, 5.74) is 6.04. The van der Waals surface area contributed by atoms with Gasteiger partial charge in [0.1, 0.15) is 5.75 Å². The number of nitrogens with zero attached hydrogens (tertiary/aromatic N) is 3. The van der Waals surface area contributed by atoms with Crippen LogP contribution >= 0.6 is 0 Å². The van der Waals surface area contributed by atoms with Crippen molar-refractivity contribution in [2.75, 3.05) is 39.8 Å². The monoisotopic (exact) mass is 495 g/mol. The van der Waals surface area contributed by atoms with Crippen LogP contribution in [0.4, 0.5) is 0 Å². The Balaban J connectivity index is 1.49.